The van der Waals surface area contributed by atoms with Gasteiger partial charge in [-0.25, -0.2) is 4.98 Å². The molecule has 20 heavy (non-hydrogen) atoms. The van der Waals surface area contributed by atoms with Crippen LogP contribution >= 0.6 is 12.6 Å². The summed E-state index contributed by atoms with van der Waals surface area (Å²) in [5, 5.41) is 1.76. The van der Waals surface area contributed by atoms with Gasteiger partial charge in [0.25, 0.3) is 0 Å². The van der Waals surface area contributed by atoms with E-state index < -0.39 is 0 Å². The van der Waals surface area contributed by atoms with Crippen LogP contribution in [0.4, 0.5) is 0 Å². The summed E-state index contributed by atoms with van der Waals surface area (Å²) >= 11 is 3.92. The molecule has 0 unspecified atom stereocenters. The highest BCUT2D eigenvalue weighted by Crippen LogP contribution is 2.31. The van der Waals surface area contributed by atoms with Crippen molar-refractivity contribution in [3.8, 4) is 5.75 Å². The second kappa shape index (κ2) is 5.13. The molecule has 3 nitrogen and oxygen atoms in total. The molecule has 100 valence electrons. The Morgan fingerprint density at radius 3 is 2.65 bits per heavy atom. The zero-order chi connectivity index (χ0) is 14.1. The van der Waals surface area contributed by atoms with E-state index in [0.717, 1.165) is 27.4 Å². The summed E-state index contributed by atoms with van der Waals surface area (Å²) in [5.41, 5.74) is 2.58. The predicted molar refractivity (Wildman–Crippen MR) is 83.5 cm³/mol. The quantitative estimate of drug-likeness (QED) is 0.591. The molecule has 0 saturated carbocycles. The van der Waals surface area contributed by atoms with Crippen molar-refractivity contribution in [1.82, 2.24) is 4.98 Å². The molecule has 0 aliphatic heterocycles. The Kier molecular flexibility index (Phi) is 3.32. The second-order valence-corrected chi connectivity index (χ2v) is 5.03. The molecular formula is C16H13NO2S. The highest BCUT2D eigenvalue weighted by Gasteiger charge is 2.13. The lowest BCUT2D eigenvalue weighted by Crippen LogP contribution is -1.99. The number of methoxy groups -OCH3 is 1. The number of aromatic nitrogens is 1. The van der Waals surface area contributed by atoms with Crippen LogP contribution in [0.1, 0.15) is 5.56 Å². The number of carbonyl (C=O) groups is 1. The Labute approximate surface area is 122 Å². The molecule has 0 amide bonds. The van der Waals surface area contributed by atoms with E-state index in [0.29, 0.717) is 5.75 Å². The number of para-hydroxylation sites is 2. The lowest BCUT2D eigenvalue weighted by atomic mass is 10.00. The summed E-state index contributed by atoms with van der Waals surface area (Å²) < 4.78 is 5.37. The lowest BCUT2D eigenvalue weighted by molar-refractivity contribution is -0.110. The van der Waals surface area contributed by atoms with Gasteiger partial charge in [0.2, 0.25) is 0 Å². The van der Waals surface area contributed by atoms with Crippen LogP contribution in [-0.4, -0.2) is 17.2 Å². The maximum Gasteiger partial charge on any atom is 0.190 e. The Morgan fingerprint density at radius 1 is 1.15 bits per heavy atom. The summed E-state index contributed by atoms with van der Waals surface area (Å²) in [5.74, 6) is 0.709. The molecule has 0 spiro atoms. The van der Waals surface area contributed by atoms with Crippen molar-refractivity contribution >= 4 is 39.5 Å². The Morgan fingerprint density at radius 2 is 1.90 bits per heavy atom. The minimum absolute atomic E-state index is 0.162. The van der Waals surface area contributed by atoms with Gasteiger partial charge in [-0.1, -0.05) is 30.3 Å². The van der Waals surface area contributed by atoms with Crippen molar-refractivity contribution in [3.63, 3.8) is 0 Å². The van der Waals surface area contributed by atoms with Crippen molar-refractivity contribution in [2.24, 2.45) is 0 Å². The summed E-state index contributed by atoms with van der Waals surface area (Å²) in [7, 11) is 1.62. The number of hydrogen-bond acceptors (Lipinski definition) is 3. The number of benzene rings is 2. The Hall–Kier alpha value is -2.07. The number of fused-ring (bicyclic) bond motifs is 2. The van der Waals surface area contributed by atoms with Crippen molar-refractivity contribution in [1.29, 1.82) is 0 Å². The van der Waals surface area contributed by atoms with Crippen molar-refractivity contribution in [2.75, 3.05) is 7.11 Å². The van der Waals surface area contributed by atoms with Gasteiger partial charge >= 0.3 is 0 Å². The van der Waals surface area contributed by atoms with Gasteiger partial charge < -0.3 is 4.74 Å². The number of pyridine rings is 1. The maximum atomic E-state index is 11.5. The third-order valence-corrected chi connectivity index (χ3v) is 3.49. The van der Waals surface area contributed by atoms with E-state index in [4.69, 9.17) is 4.74 Å². The van der Waals surface area contributed by atoms with E-state index in [1.807, 2.05) is 42.5 Å². The summed E-state index contributed by atoms with van der Waals surface area (Å²) in [6.07, 6.45) is 0.274. The predicted octanol–water partition coefficient (Wildman–Crippen LogP) is 3.40. The van der Waals surface area contributed by atoms with Gasteiger partial charge in [-0.15, -0.1) is 12.6 Å². The van der Waals surface area contributed by atoms with Gasteiger partial charge in [0.15, 0.2) is 5.12 Å². The van der Waals surface area contributed by atoms with Crippen molar-refractivity contribution < 1.29 is 9.53 Å². The summed E-state index contributed by atoms with van der Waals surface area (Å²) in [6.45, 7) is 0. The van der Waals surface area contributed by atoms with Gasteiger partial charge in [0.1, 0.15) is 11.3 Å². The number of rotatable bonds is 3. The third kappa shape index (κ3) is 2.12. The van der Waals surface area contributed by atoms with Crippen LogP contribution in [0.25, 0.3) is 21.8 Å². The molecule has 0 saturated heterocycles. The van der Waals surface area contributed by atoms with Gasteiger partial charge in [0, 0.05) is 17.2 Å². The van der Waals surface area contributed by atoms with Crippen LogP contribution in [0.5, 0.6) is 5.75 Å². The van der Waals surface area contributed by atoms with Crippen molar-refractivity contribution in [3.05, 3.63) is 48.0 Å². The smallest absolute Gasteiger partial charge is 0.190 e. The van der Waals surface area contributed by atoms with Crippen LogP contribution in [-0.2, 0) is 11.2 Å². The number of ether oxygens (including phenoxy) is 1. The van der Waals surface area contributed by atoms with Gasteiger partial charge in [-0.05, 0) is 17.7 Å². The Balaban J connectivity index is 2.46. The fourth-order valence-electron chi connectivity index (χ4n) is 2.48. The molecule has 0 aliphatic rings. The topological polar surface area (TPSA) is 39.2 Å². The largest absolute Gasteiger partial charge is 0.494 e. The zero-order valence-electron chi connectivity index (χ0n) is 11.0. The van der Waals surface area contributed by atoms with E-state index in [9.17, 15) is 4.79 Å². The molecule has 0 atom stereocenters. The van der Waals surface area contributed by atoms with Gasteiger partial charge in [-0.2, -0.15) is 0 Å². The third-order valence-electron chi connectivity index (χ3n) is 3.33. The molecule has 3 aromatic rings. The minimum atomic E-state index is -0.162. The standard InChI is InChI=1S/C16H13NO2S/c1-19-14-8-4-6-11-12(9-15(18)20)10-5-2-3-7-13(10)17-16(11)14/h2-8H,9H2,1H3,(H,18,20). The average molecular weight is 283 g/mol. The number of thiol groups is 1. The molecule has 0 bridgehead atoms. The van der Waals surface area contributed by atoms with Gasteiger partial charge in [0.05, 0.1) is 12.6 Å². The summed E-state index contributed by atoms with van der Waals surface area (Å²) in [6, 6.07) is 13.5. The molecule has 0 fully saturated rings. The van der Waals surface area contributed by atoms with E-state index in [2.05, 4.69) is 17.6 Å². The first-order valence-corrected chi connectivity index (χ1v) is 6.71. The number of hydrogen-bond donors (Lipinski definition) is 1. The van der Waals surface area contributed by atoms with Crippen LogP contribution in [0.15, 0.2) is 42.5 Å². The molecular weight excluding hydrogens is 270 g/mol. The van der Waals surface area contributed by atoms with E-state index >= 15 is 0 Å². The van der Waals surface area contributed by atoms with Crippen LogP contribution in [0, 0.1) is 0 Å². The fourth-order valence-corrected chi connectivity index (χ4v) is 2.64. The molecule has 0 radical (unpaired) electrons. The van der Waals surface area contributed by atoms with E-state index in [-0.39, 0.29) is 11.5 Å². The fraction of sp³-hybridized carbons (Fsp3) is 0.125. The molecule has 0 aliphatic carbocycles. The molecule has 3 rings (SSSR count). The van der Waals surface area contributed by atoms with Crippen LogP contribution in [0.3, 0.4) is 0 Å². The number of nitrogens with zero attached hydrogens (tertiary/aromatic N) is 1. The van der Waals surface area contributed by atoms with Crippen LogP contribution in [0.2, 0.25) is 0 Å². The zero-order valence-corrected chi connectivity index (χ0v) is 11.9. The summed E-state index contributed by atoms with van der Waals surface area (Å²) in [4.78, 5) is 16.1. The molecule has 4 heteroatoms. The minimum Gasteiger partial charge on any atom is -0.494 e. The van der Waals surface area contributed by atoms with E-state index in [1.54, 1.807) is 7.11 Å². The monoisotopic (exact) mass is 283 g/mol. The first-order valence-electron chi connectivity index (χ1n) is 6.27. The highest BCUT2D eigenvalue weighted by molar-refractivity contribution is 7.96. The molecule has 1 aromatic heterocycles. The number of carbonyl (C=O) groups excluding carboxylic acids is 1. The molecule has 0 N–H and O–H groups in total. The SMILES string of the molecule is COc1cccc2c(CC(=O)S)c3ccccc3nc12. The lowest BCUT2D eigenvalue weighted by Gasteiger charge is -2.11. The van der Waals surface area contributed by atoms with Crippen LogP contribution < -0.4 is 4.74 Å². The first kappa shape index (κ1) is 12.9. The van der Waals surface area contributed by atoms with E-state index in [1.165, 1.54) is 0 Å². The molecule has 1 heterocycles. The normalized spacial score (nSPS) is 10.9. The van der Waals surface area contributed by atoms with Crippen molar-refractivity contribution in [2.45, 2.75) is 6.42 Å². The van der Waals surface area contributed by atoms with Gasteiger partial charge in [-0.3, -0.25) is 4.79 Å². The molecule has 2 aromatic carbocycles. The average Bonchev–Trinajstić information content (AvgIpc) is 2.46. The maximum absolute atomic E-state index is 11.5. The Bertz CT molecular complexity index is 814. The highest BCUT2D eigenvalue weighted by atomic mass is 32.1. The first-order chi connectivity index (χ1) is 9.70. The second-order valence-electron chi connectivity index (χ2n) is 4.53.